The molecule has 6 nitrogen and oxygen atoms in total. The van der Waals surface area contributed by atoms with Gasteiger partial charge in [-0.1, -0.05) is 6.08 Å². The summed E-state index contributed by atoms with van der Waals surface area (Å²) < 4.78 is 23.5. The second-order valence-electron chi connectivity index (χ2n) is 5.18. The lowest BCUT2D eigenvalue weighted by atomic mass is 10.2. The third-order valence-electron chi connectivity index (χ3n) is 3.26. The number of thiocarbonyl (C=S) groups is 1. The third-order valence-corrected chi connectivity index (χ3v) is 3.49. The Hall–Kier alpha value is -3.26. The summed E-state index contributed by atoms with van der Waals surface area (Å²) >= 11 is 5.02. The van der Waals surface area contributed by atoms with E-state index in [1.165, 1.54) is 37.6 Å². The van der Waals surface area contributed by atoms with Gasteiger partial charge in [0.05, 0.1) is 18.9 Å². The lowest BCUT2D eigenvalue weighted by Crippen LogP contribution is -2.31. The van der Waals surface area contributed by atoms with E-state index >= 15 is 0 Å². The summed E-state index contributed by atoms with van der Waals surface area (Å²) in [7, 11) is 1.46. The van der Waals surface area contributed by atoms with Crippen molar-refractivity contribution in [1.82, 2.24) is 10.7 Å². The number of hydrazone groups is 1. The molecule has 0 atom stereocenters. The number of hydrogen-bond donors (Lipinski definition) is 2. The monoisotopic (exact) mass is 387 g/mol. The molecule has 2 rings (SSSR count). The maximum atomic E-state index is 12.9. The fourth-order valence-corrected chi connectivity index (χ4v) is 2.10. The van der Waals surface area contributed by atoms with E-state index in [0.717, 1.165) is 0 Å². The van der Waals surface area contributed by atoms with E-state index in [1.54, 1.807) is 24.3 Å². The molecule has 0 aliphatic heterocycles. The van der Waals surface area contributed by atoms with Crippen molar-refractivity contribution in [3.05, 3.63) is 72.1 Å². The van der Waals surface area contributed by atoms with Crippen molar-refractivity contribution >= 4 is 29.5 Å². The predicted molar refractivity (Wildman–Crippen MR) is 106 cm³/mol. The Labute approximate surface area is 161 Å². The fraction of sp³-hybridized carbons (Fsp3) is 0.105. The van der Waals surface area contributed by atoms with Gasteiger partial charge in [-0.3, -0.25) is 5.43 Å². The largest absolute Gasteiger partial charge is 0.493 e. The number of carbonyl (C=O) groups is 1. The molecule has 0 saturated carbocycles. The molecule has 0 saturated heterocycles. The zero-order valence-electron chi connectivity index (χ0n) is 14.6. The highest BCUT2D eigenvalue weighted by Gasteiger charge is 2.13. The first-order chi connectivity index (χ1) is 13.0. The number of rotatable bonds is 7. The Morgan fingerprint density at radius 2 is 2.00 bits per heavy atom. The number of nitrogens with zero attached hydrogens (tertiary/aromatic N) is 1. The van der Waals surface area contributed by atoms with Gasteiger partial charge in [0.2, 0.25) is 0 Å². The summed E-state index contributed by atoms with van der Waals surface area (Å²) in [6.45, 7) is 4.11. The average molecular weight is 387 g/mol. The summed E-state index contributed by atoms with van der Waals surface area (Å²) in [5.41, 5.74) is 3.59. The van der Waals surface area contributed by atoms with Crippen LogP contribution >= 0.6 is 12.2 Å². The van der Waals surface area contributed by atoms with Crippen molar-refractivity contribution in [3.63, 3.8) is 0 Å². The predicted octanol–water partition coefficient (Wildman–Crippen LogP) is 3.04. The molecule has 27 heavy (non-hydrogen) atoms. The fourth-order valence-electron chi connectivity index (χ4n) is 1.96. The number of halogens is 1. The smallest absolute Gasteiger partial charge is 0.343 e. The van der Waals surface area contributed by atoms with E-state index < -0.39 is 11.8 Å². The molecule has 0 radical (unpaired) electrons. The van der Waals surface area contributed by atoms with Crippen LogP contribution in [0.3, 0.4) is 0 Å². The van der Waals surface area contributed by atoms with Crippen LogP contribution in [-0.2, 0) is 0 Å². The van der Waals surface area contributed by atoms with Crippen molar-refractivity contribution in [2.75, 3.05) is 13.7 Å². The maximum absolute atomic E-state index is 12.9. The van der Waals surface area contributed by atoms with Gasteiger partial charge >= 0.3 is 5.97 Å². The first kappa shape index (κ1) is 20.1. The van der Waals surface area contributed by atoms with Crippen LogP contribution in [0, 0.1) is 5.82 Å². The first-order valence-corrected chi connectivity index (χ1v) is 8.28. The minimum atomic E-state index is -0.616. The minimum Gasteiger partial charge on any atom is -0.493 e. The van der Waals surface area contributed by atoms with Gasteiger partial charge in [0.25, 0.3) is 0 Å². The summed E-state index contributed by atoms with van der Waals surface area (Å²) in [6.07, 6.45) is 3.21. The van der Waals surface area contributed by atoms with Crippen LogP contribution in [0.1, 0.15) is 15.9 Å². The number of benzene rings is 2. The Bertz CT molecular complexity index is 854. The van der Waals surface area contributed by atoms with Crippen LogP contribution in [0.25, 0.3) is 0 Å². The molecule has 0 amide bonds. The SMILES string of the molecule is C=CCNC(=S)N/N=C\c1ccc(OC(=O)c2ccc(F)cc2)c(OC)c1. The number of nitrogens with one attached hydrogen (secondary N) is 2. The van der Waals surface area contributed by atoms with E-state index in [1.807, 2.05) is 0 Å². The molecule has 0 unspecified atom stereocenters. The van der Waals surface area contributed by atoms with E-state index in [9.17, 15) is 9.18 Å². The lowest BCUT2D eigenvalue weighted by molar-refractivity contribution is 0.0729. The summed E-state index contributed by atoms with van der Waals surface area (Å²) in [5, 5.41) is 7.24. The van der Waals surface area contributed by atoms with Crippen molar-refractivity contribution in [1.29, 1.82) is 0 Å². The minimum absolute atomic E-state index is 0.230. The highest BCUT2D eigenvalue weighted by molar-refractivity contribution is 7.80. The standard InChI is InChI=1S/C19H18FN3O3S/c1-3-10-21-19(27)23-22-12-13-4-9-16(17(11-13)25-2)26-18(24)14-5-7-15(20)8-6-14/h3-9,11-12H,1,10H2,2H3,(H2,21,23,27)/b22-12-. The quantitative estimate of drug-likeness (QED) is 0.190. The molecule has 0 bridgehead atoms. The van der Waals surface area contributed by atoms with Crippen LogP contribution in [0.2, 0.25) is 0 Å². The van der Waals surface area contributed by atoms with Crippen molar-refractivity contribution in [2.45, 2.75) is 0 Å². The van der Waals surface area contributed by atoms with Gasteiger partial charge in [-0.2, -0.15) is 5.10 Å². The second-order valence-corrected chi connectivity index (χ2v) is 5.58. The Morgan fingerprint density at radius 1 is 1.26 bits per heavy atom. The van der Waals surface area contributed by atoms with Crippen LogP contribution < -0.4 is 20.2 Å². The zero-order chi connectivity index (χ0) is 19.6. The topological polar surface area (TPSA) is 72.0 Å². The number of methoxy groups -OCH3 is 1. The van der Waals surface area contributed by atoms with E-state index in [-0.39, 0.29) is 11.3 Å². The normalized spacial score (nSPS) is 10.3. The van der Waals surface area contributed by atoms with Crippen molar-refractivity contribution < 1.29 is 18.7 Å². The summed E-state index contributed by atoms with van der Waals surface area (Å²) in [4.78, 5) is 12.1. The molecule has 2 aromatic carbocycles. The van der Waals surface area contributed by atoms with Crippen LogP contribution in [0.4, 0.5) is 4.39 Å². The van der Waals surface area contributed by atoms with Gasteiger partial charge in [0.15, 0.2) is 16.6 Å². The molecule has 0 heterocycles. The molecular weight excluding hydrogens is 369 g/mol. The van der Waals surface area contributed by atoms with Gasteiger partial charge in [-0.25, -0.2) is 9.18 Å². The maximum Gasteiger partial charge on any atom is 0.343 e. The molecule has 0 aliphatic carbocycles. The highest BCUT2D eigenvalue weighted by atomic mass is 32.1. The number of ether oxygens (including phenoxy) is 2. The van der Waals surface area contributed by atoms with E-state index in [2.05, 4.69) is 22.4 Å². The Balaban J connectivity index is 2.04. The molecule has 2 aromatic rings. The van der Waals surface area contributed by atoms with Crippen molar-refractivity contribution in [2.24, 2.45) is 5.10 Å². The van der Waals surface area contributed by atoms with Crippen molar-refractivity contribution in [3.8, 4) is 11.5 Å². The van der Waals surface area contributed by atoms with Gasteiger partial charge < -0.3 is 14.8 Å². The van der Waals surface area contributed by atoms with Gasteiger partial charge in [-0.05, 0) is 60.2 Å². The van der Waals surface area contributed by atoms with E-state index in [0.29, 0.717) is 23.0 Å². The van der Waals surface area contributed by atoms with Crippen LogP contribution in [0.5, 0.6) is 11.5 Å². The van der Waals surface area contributed by atoms with E-state index in [4.69, 9.17) is 21.7 Å². The second kappa shape index (κ2) is 10.0. The van der Waals surface area contributed by atoms with Crippen LogP contribution in [-0.4, -0.2) is 31.0 Å². The number of hydrogen-bond acceptors (Lipinski definition) is 5. The molecule has 0 spiro atoms. The van der Waals surface area contributed by atoms with Crippen LogP contribution in [0.15, 0.2) is 60.2 Å². The molecule has 0 aliphatic rings. The average Bonchev–Trinajstić information content (AvgIpc) is 2.67. The Kier molecular flexibility index (Phi) is 7.45. The zero-order valence-corrected chi connectivity index (χ0v) is 15.4. The van der Waals surface area contributed by atoms with Gasteiger partial charge in [-0.15, -0.1) is 6.58 Å². The molecule has 2 N–H and O–H groups in total. The molecule has 0 fully saturated rings. The first-order valence-electron chi connectivity index (χ1n) is 7.87. The third kappa shape index (κ3) is 6.19. The summed E-state index contributed by atoms with van der Waals surface area (Å²) in [6, 6.07) is 10.00. The van der Waals surface area contributed by atoms with Gasteiger partial charge in [0, 0.05) is 6.54 Å². The summed E-state index contributed by atoms with van der Waals surface area (Å²) in [5.74, 6) is -0.461. The number of carbonyl (C=O) groups excluding carboxylic acids is 1. The highest BCUT2D eigenvalue weighted by Crippen LogP contribution is 2.28. The molecular formula is C19H18FN3O3S. The molecule has 8 heteroatoms. The number of esters is 1. The lowest BCUT2D eigenvalue weighted by Gasteiger charge is -2.10. The van der Waals surface area contributed by atoms with Gasteiger partial charge in [0.1, 0.15) is 5.82 Å². The molecule has 0 aromatic heterocycles. The Morgan fingerprint density at radius 3 is 2.67 bits per heavy atom. The molecule has 140 valence electrons.